The summed E-state index contributed by atoms with van der Waals surface area (Å²) in [6.07, 6.45) is 1.81. The molecule has 0 radical (unpaired) electrons. The molecule has 0 bridgehead atoms. The fourth-order valence-corrected chi connectivity index (χ4v) is 2.84. The molecular formula is C19H21N7. The first-order chi connectivity index (χ1) is 12.5. The number of aliphatic imine (C=N–C) groups is 1. The van der Waals surface area contributed by atoms with Crippen molar-refractivity contribution in [2.75, 3.05) is 10.6 Å². The van der Waals surface area contributed by atoms with E-state index in [1.54, 1.807) is 0 Å². The lowest BCUT2D eigenvalue weighted by Crippen LogP contribution is -2.15. The Kier molecular flexibility index (Phi) is 3.91. The average Bonchev–Trinajstić information content (AvgIpc) is 2.85. The average molecular weight is 347 g/mol. The van der Waals surface area contributed by atoms with E-state index in [4.69, 9.17) is 4.99 Å². The fraction of sp³-hybridized carbons (Fsp3) is 0.263. The number of anilines is 3. The summed E-state index contributed by atoms with van der Waals surface area (Å²) in [7, 11) is 0. The Morgan fingerprint density at radius 3 is 2.54 bits per heavy atom. The zero-order valence-electron chi connectivity index (χ0n) is 15.3. The first-order valence-corrected chi connectivity index (χ1v) is 8.63. The molecule has 0 fully saturated rings. The van der Waals surface area contributed by atoms with E-state index < -0.39 is 0 Å². The minimum atomic E-state index is 0.243. The molecule has 0 amide bonds. The number of nitrogens with zero attached hydrogens (tertiary/aromatic N) is 4. The lowest BCUT2D eigenvalue weighted by atomic mass is 10.0. The van der Waals surface area contributed by atoms with E-state index in [1.807, 2.05) is 13.1 Å². The quantitative estimate of drug-likeness (QED) is 0.523. The molecule has 0 spiro atoms. The van der Waals surface area contributed by atoms with Gasteiger partial charge in [0.05, 0.1) is 17.0 Å². The van der Waals surface area contributed by atoms with Gasteiger partial charge in [0.25, 0.3) is 0 Å². The highest BCUT2D eigenvalue weighted by Gasteiger charge is 2.23. The zero-order chi connectivity index (χ0) is 18.3. The van der Waals surface area contributed by atoms with Gasteiger partial charge in [0, 0.05) is 17.8 Å². The Morgan fingerprint density at radius 2 is 1.81 bits per heavy atom. The molecule has 4 rings (SSSR count). The van der Waals surface area contributed by atoms with Gasteiger partial charge < -0.3 is 10.6 Å². The van der Waals surface area contributed by atoms with Crippen LogP contribution in [0, 0.1) is 13.8 Å². The molecule has 1 aromatic carbocycles. The van der Waals surface area contributed by atoms with Gasteiger partial charge >= 0.3 is 0 Å². The normalized spacial score (nSPS) is 12.7. The molecule has 0 aliphatic carbocycles. The van der Waals surface area contributed by atoms with Gasteiger partial charge in [-0.2, -0.15) is 10.1 Å². The van der Waals surface area contributed by atoms with Crippen LogP contribution in [0.3, 0.4) is 0 Å². The molecule has 26 heavy (non-hydrogen) atoms. The monoisotopic (exact) mass is 347 g/mol. The minimum Gasteiger partial charge on any atom is -0.352 e. The summed E-state index contributed by atoms with van der Waals surface area (Å²) in [6, 6.07) is 8.53. The summed E-state index contributed by atoms with van der Waals surface area (Å²) >= 11 is 0. The number of fused-ring (bicyclic) bond motifs is 2. The topological polar surface area (TPSA) is 90.9 Å². The number of aromatic nitrogens is 4. The number of hydrogen-bond acceptors (Lipinski definition) is 6. The maximum Gasteiger partial charge on any atom is 0.224 e. The highest BCUT2D eigenvalue weighted by atomic mass is 15.2. The Balaban J connectivity index is 1.90. The van der Waals surface area contributed by atoms with Crippen molar-refractivity contribution in [1.29, 1.82) is 0 Å². The standard InChI is InChI=1S/C19H21N7/c1-10(2)21-19-20-9-14-16(13-7-5-11(3)6-8-13)22-15-12(4)25-26-18(15)23-17(14)24-19/h5-10H,1-4H3,(H3,20,21,23,24,25,26). The van der Waals surface area contributed by atoms with Crippen molar-refractivity contribution >= 4 is 29.0 Å². The molecule has 3 N–H and O–H groups in total. The second kappa shape index (κ2) is 6.25. The van der Waals surface area contributed by atoms with E-state index in [1.165, 1.54) is 5.56 Å². The second-order valence-electron chi connectivity index (χ2n) is 6.75. The zero-order valence-corrected chi connectivity index (χ0v) is 15.3. The smallest absolute Gasteiger partial charge is 0.224 e. The number of aromatic amines is 1. The molecule has 132 valence electrons. The van der Waals surface area contributed by atoms with E-state index in [0.29, 0.717) is 17.6 Å². The third kappa shape index (κ3) is 2.92. The number of benzene rings is 1. The molecule has 1 aliphatic rings. The third-order valence-electron chi connectivity index (χ3n) is 4.16. The van der Waals surface area contributed by atoms with Crippen molar-refractivity contribution in [2.45, 2.75) is 33.7 Å². The molecule has 7 nitrogen and oxygen atoms in total. The summed E-state index contributed by atoms with van der Waals surface area (Å²) in [5, 5.41) is 13.8. The molecule has 0 saturated heterocycles. The van der Waals surface area contributed by atoms with Crippen LogP contribution < -0.4 is 10.6 Å². The summed E-state index contributed by atoms with van der Waals surface area (Å²) in [5.74, 6) is 1.93. The molecule has 0 unspecified atom stereocenters. The van der Waals surface area contributed by atoms with Crippen molar-refractivity contribution < 1.29 is 0 Å². The maximum atomic E-state index is 4.89. The van der Waals surface area contributed by atoms with Gasteiger partial charge in [0.2, 0.25) is 5.95 Å². The predicted octanol–water partition coefficient (Wildman–Crippen LogP) is 3.86. The van der Waals surface area contributed by atoms with E-state index in [0.717, 1.165) is 28.2 Å². The molecule has 0 atom stereocenters. The lowest BCUT2D eigenvalue weighted by Gasteiger charge is -2.13. The Labute approximate surface area is 152 Å². The van der Waals surface area contributed by atoms with Gasteiger partial charge in [-0.1, -0.05) is 29.8 Å². The molecule has 0 saturated carbocycles. The summed E-state index contributed by atoms with van der Waals surface area (Å²) in [4.78, 5) is 14.0. The van der Waals surface area contributed by atoms with Crippen LogP contribution in [0.4, 0.5) is 23.3 Å². The first-order valence-electron chi connectivity index (χ1n) is 8.63. The predicted molar refractivity (Wildman–Crippen MR) is 104 cm³/mol. The first kappa shape index (κ1) is 16.3. The summed E-state index contributed by atoms with van der Waals surface area (Å²) in [5.41, 5.74) is 5.58. The lowest BCUT2D eigenvalue weighted by molar-refractivity contribution is 0.874. The van der Waals surface area contributed by atoms with Crippen molar-refractivity contribution in [1.82, 2.24) is 20.2 Å². The maximum absolute atomic E-state index is 4.89. The number of aryl methyl sites for hydroxylation is 2. The van der Waals surface area contributed by atoms with Crippen LogP contribution in [0.25, 0.3) is 0 Å². The SMILES string of the molecule is Cc1ccc(C2=Nc3c(n[nH]c3C)Nc3nc(NC(C)C)ncc32)cc1. The van der Waals surface area contributed by atoms with Crippen LogP contribution in [0.15, 0.2) is 35.5 Å². The van der Waals surface area contributed by atoms with Crippen LogP contribution in [0.5, 0.6) is 0 Å². The number of rotatable bonds is 3. The molecular weight excluding hydrogens is 326 g/mol. The van der Waals surface area contributed by atoms with E-state index in [-0.39, 0.29) is 6.04 Å². The van der Waals surface area contributed by atoms with Gasteiger partial charge in [-0.3, -0.25) is 5.10 Å². The van der Waals surface area contributed by atoms with Crippen LogP contribution in [-0.2, 0) is 0 Å². The van der Waals surface area contributed by atoms with Crippen molar-refractivity contribution in [3.8, 4) is 0 Å². The van der Waals surface area contributed by atoms with Crippen molar-refractivity contribution in [3.63, 3.8) is 0 Å². The van der Waals surface area contributed by atoms with Gasteiger partial charge in [0.1, 0.15) is 11.5 Å². The molecule has 1 aliphatic heterocycles. The summed E-state index contributed by atoms with van der Waals surface area (Å²) < 4.78 is 0. The molecule has 7 heteroatoms. The third-order valence-corrected chi connectivity index (χ3v) is 4.16. The van der Waals surface area contributed by atoms with Gasteiger partial charge in [-0.25, -0.2) is 9.98 Å². The Morgan fingerprint density at radius 1 is 1.04 bits per heavy atom. The fourth-order valence-electron chi connectivity index (χ4n) is 2.84. The highest BCUT2D eigenvalue weighted by Crippen LogP contribution is 2.35. The van der Waals surface area contributed by atoms with Crippen LogP contribution in [0.1, 0.15) is 36.2 Å². The van der Waals surface area contributed by atoms with Gasteiger partial charge in [-0.15, -0.1) is 0 Å². The van der Waals surface area contributed by atoms with Crippen molar-refractivity contribution in [3.05, 3.63) is 52.8 Å². The largest absolute Gasteiger partial charge is 0.352 e. The number of nitrogens with one attached hydrogen (secondary N) is 3. The van der Waals surface area contributed by atoms with Crippen molar-refractivity contribution in [2.24, 2.45) is 4.99 Å². The number of H-pyrrole nitrogens is 1. The van der Waals surface area contributed by atoms with Gasteiger partial charge in [0.15, 0.2) is 5.82 Å². The number of hydrogen-bond donors (Lipinski definition) is 3. The van der Waals surface area contributed by atoms with Crippen LogP contribution in [-0.4, -0.2) is 31.9 Å². The Hall–Kier alpha value is -3.22. The highest BCUT2D eigenvalue weighted by molar-refractivity contribution is 6.17. The Bertz CT molecular complexity index is 984. The van der Waals surface area contributed by atoms with E-state index in [9.17, 15) is 0 Å². The second-order valence-corrected chi connectivity index (χ2v) is 6.75. The van der Waals surface area contributed by atoms with Crippen LogP contribution in [0.2, 0.25) is 0 Å². The summed E-state index contributed by atoms with van der Waals surface area (Å²) in [6.45, 7) is 8.13. The van der Waals surface area contributed by atoms with E-state index >= 15 is 0 Å². The van der Waals surface area contributed by atoms with Crippen LogP contribution >= 0.6 is 0 Å². The van der Waals surface area contributed by atoms with Gasteiger partial charge in [-0.05, 0) is 27.7 Å². The molecule has 2 aromatic heterocycles. The minimum absolute atomic E-state index is 0.243. The molecule has 3 heterocycles. The van der Waals surface area contributed by atoms with E-state index in [2.05, 4.69) is 75.8 Å². The molecule has 3 aromatic rings.